The molecule has 3 aliphatic rings. The SMILES string of the molecule is COc1cc(OC)cc(-c2cc(CCCCC(=O)[C@@H](C)CC(=O)OC(C)(C)C)c(/C=C3\SC(=S)N(C4CC5CCC4C5)C3=O)o2)c1. The number of ether oxygens (including phenoxy) is 3. The van der Waals surface area contributed by atoms with Crippen LogP contribution in [0.3, 0.4) is 0 Å². The molecule has 1 saturated heterocycles. The van der Waals surface area contributed by atoms with E-state index in [0.717, 1.165) is 24.0 Å². The van der Waals surface area contributed by atoms with Crippen LogP contribution >= 0.6 is 24.0 Å². The number of unbranched alkanes of at least 4 members (excludes halogenated alkanes) is 1. The topological polar surface area (TPSA) is 95.3 Å². The number of fused-ring (bicyclic) bond motifs is 2. The zero-order valence-electron chi connectivity index (χ0n) is 27.7. The molecule has 46 heavy (non-hydrogen) atoms. The summed E-state index contributed by atoms with van der Waals surface area (Å²) in [6, 6.07) is 7.76. The van der Waals surface area contributed by atoms with E-state index in [-0.39, 0.29) is 30.1 Å². The highest BCUT2D eigenvalue weighted by molar-refractivity contribution is 8.26. The van der Waals surface area contributed by atoms with Gasteiger partial charge < -0.3 is 18.6 Å². The Morgan fingerprint density at radius 3 is 2.41 bits per heavy atom. The van der Waals surface area contributed by atoms with E-state index in [9.17, 15) is 14.4 Å². The number of thiocarbonyl (C=S) groups is 1. The van der Waals surface area contributed by atoms with Gasteiger partial charge in [0.1, 0.15) is 38.7 Å². The van der Waals surface area contributed by atoms with Gasteiger partial charge in [-0.3, -0.25) is 19.3 Å². The quantitative estimate of drug-likeness (QED) is 0.0911. The number of furan rings is 1. The Labute approximate surface area is 281 Å². The lowest BCUT2D eigenvalue weighted by Crippen LogP contribution is -2.41. The molecule has 0 radical (unpaired) electrons. The van der Waals surface area contributed by atoms with Crippen molar-refractivity contribution in [3.05, 3.63) is 40.5 Å². The third kappa shape index (κ3) is 8.05. The van der Waals surface area contributed by atoms with Crippen LogP contribution in [0.5, 0.6) is 11.5 Å². The molecule has 1 aromatic carbocycles. The first kappa shape index (κ1) is 34.2. The van der Waals surface area contributed by atoms with Gasteiger partial charge in [0.2, 0.25) is 0 Å². The lowest BCUT2D eigenvalue weighted by Gasteiger charge is -2.30. The van der Waals surface area contributed by atoms with Crippen molar-refractivity contribution in [2.24, 2.45) is 17.8 Å². The number of carbonyl (C=O) groups excluding carboxylic acids is 3. The second kappa shape index (κ2) is 14.3. The maximum atomic E-state index is 13.7. The van der Waals surface area contributed by atoms with Crippen molar-refractivity contribution in [1.82, 2.24) is 4.90 Å². The number of carbonyl (C=O) groups is 3. The van der Waals surface area contributed by atoms with Crippen LogP contribution in [0.15, 0.2) is 33.6 Å². The van der Waals surface area contributed by atoms with Crippen molar-refractivity contribution in [2.45, 2.75) is 97.1 Å². The number of nitrogens with zero attached hydrogens (tertiary/aromatic N) is 1. The number of hydrogen-bond donors (Lipinski definition) is 0. The van der Waals surface area contributed by atoms with E-state index in [1.54, 1.807) is 27.2 Å². The molecule has 8 nitrogen and oxygen atoms in total. The minimum atomic E-state index is -0.576. The van der Waals surface area contributed by atoms with Crippen molar-refractivity contribution in [3.8, 4) is 22.8 Å². The highest BCUT2D eigenvalue weighted by Gasteiger charge is 2.48. The molecular formula is C36H45NO7S2. The van der Waals surface area contributed by atoms with Crippen molar-refractivity contribution < 1.29 is 33.0 Å². The van der Waals surface area contributed by atoms with Crippen LogP contribution in [0, 0.1) is 17.8 Å². The van der Waals surface area contributed by atoms with E-state index in [4.69, 9.17) is 30.8 Å². The number of Topliss-reactive ketones (excluding diaryl/α,β-unsaturated/α-hetero) is 1. The summed E-state index contributed by atoms with van der Waals surface area (Å²) < 4.78 is 23.4. The van der Waals surface area contributed by atoms with Crippen LogP contribution in [0.1, 0.15) is 90.4 Å². The Kier molecular flexibility index (Phi) is 10.7. The fourth-order valence-electron chi connectivity index (χ4n) is 6.87. The van der Waals surface area contributed by atoms with Crippen molar-refractivity contribution in [3.63, 3.8) is 0 Å². The zero-order chi connectivity index (χ0) is 33.2. The summed E-state index contributed by atoms with van der Waals surface area (Å²) in [5, 5.41) is 0. The number of ketones is 1. The molecule has 0 N–H and O–H groups in total. The molecule has 3 unspecified atom stereocenters. The van der Waals surface area contributed by atoms with Gasteiger partial charge in [-0.2, -0.15) is 0 Å². The van der Waals surface area contributed by atoms with Gasteiger partial charge in [-0.15, -0.1) is 0 Å². The number of methoxy groups -OCH3 is 2. The minimum absolute atomic E-state index is 0.0379. The van der Waals surface area contributed by atoms with Gasteiger partial charge in [0, 0.05) is 36.1 Å². The predicted octanol–water partition coefficient (Wildman–Crippen LogP) is 8.00. The number of hydrogen-bond acceptors (Lipinski definition) is 9. The summed E-state index contributed by atoms with van der Waals surface area (Å²) in [5.74, 6) is 3.01. The van der Waals surface area contributed by atoms with E-state index in [1.807, 2.05) is 49.9 Å². The third-order valence-electron chi connectivity index (χ3n) is 9.16. The van der Waals surface area contributed by atoms with E-state index in [1.165, 1.54) is 31.0 Å². The Morgan fingerprint density at radius 2 is 1.80 bits per heavy atom. The average Bonchev–Trinajstić information content (AvgIpc) is 3.78. The van der Waals surface area contributed by atoms with Crippen LogP contribution in [0.4, 0.5) is 0 Å². The first-order valence-electron chi connectivity index (χ1n) is 16.2. The van der Waals surface area contributed by atoms with Gasteiger partial charge in [-0.1, -0.05) is 37.3 Å². The Morgan fingerprint density at radius 1 is 1.09 bits per heavy atom. The van der Waals surface area contributed by atoms with Crippen molar-refractivity contribution in [2.75, 3.05) is 14.2 Å². The highest BCUT2D eigenvalue weighted by Crippen LogP contribution is 2.49. The fourth-order valence-corrected chi connectivity index (χ4v) is 8.22. The second-order valence-electron chi connectivity index (χ2n) is 13.8. The molecule has 1 aromatic heterocycles. The number of amides is 1. The monoisotopic (exact) mass is 667 g/mol. The molecule has 1 aliphatic heterocycles. The molecule has 2 aromatic rings. The third-order valence-corrected chi connectivity index (χ3v) is 10.5. The molecule has 248 valence electrons. The molecular weight excluding hydrogens is 623 g/mol. The summed E-state index contributed by atoms with van der Waals surface area (Å²) in [4.78, 5) is 41.1. The number of thioether (sulfide) groups is 1. The van der Waals surface area contributed by atoms with Gasteiger partial charge >= 0.3 is 5.97 Å². The molecule has 2 aliphatic carbocycles. The standard InChI is InChI=1S/C36H45NO7S2/c1-21(13-33(39)44-36(2,3)4)29(38)10-8-7-9-24-18-30(25-16-26(41-5)19-27(17-25)42-6)43-31(24)20-32-34(40)37(35(45)46-32)28-15-22-11-12-23(28)14-22/h16-23,28H,7-15H2,1-6H3/b32-20-/t21-,22?,23?,28?/m0/s1. The Balaban J connectivity index is 1.31. The van der Waals surface area contributed by atoms with Gasteiger partial charge in [0.15, 0.2) is 0 Å². The number of aryl methyl sites for hydroxylation is 1. The second-order valence-corrected chi connectivity index (χ2v) is 15.4. The fraction of sp³-hybridized carbons (Fsp3) is 0.556. The van der Waals surface area contributed by atoms with E-state index in [0.29, 0.717) is 63.3 Å². The van der Waals surface area contributed by atoms with Gasteiger partial charge in [0.25, 0.3) is 5.91 Å². The van der Waals surface area contributed by atoms with Gasteiger partial charge in [0.05, 0.1) is 25.5 Å². The summed E-state index contributed by atoms with van der Waals surface area (Å²) >= 11 is 7.07. The van der Waals surface area contributed by atoms with E-state index < -0.39 is 11.5 Å². The summed E-state index contributed by atoms with van der Waals surface area (Å²) in [5.41, 5.74) is 1.15. The molecule has 0 spiro atoms. The molecule has 2 heterocycles. The van der Waals surface area contributed by atoms with Crippen LogP contribution < -0.4 is 9.47 Å². The van der Waals surface area contributed by atoms with Crippen LogP contribution in [-0.4, -0.2) is 52.7 Å². The zero-order valence-corrected chi connectivity index (χ0v) is 29.3. The smallest absolute Gasteiger partial charge is 0.307 e. The molecule has 2 saturated carbocycles. The number of esters is 1. The summed E-state index contributed by atoms with van der Waals surface area (Å²) in [6.45, 7) is 7.23. The summed E-state index contributed by atoms with van der Waals surface area (Å²) in [7, 11) is 3.21. The number of rotatable bonds is 13. The van der Waals surface area contributed by atoms with Gasteiger partial charge in [-0.05, 0) is 94.9 Å². The number of benzene rings is 1. The molecule has 4 atom stereocenters. The Hall–Kier alpha value is -3.11. The highest BCUT2D eigenvalue weighted by atomic mass is 32.2. The maximum absolute atomic E-state index is 13.7. The predicted molar refractivity (Wildman–Crippen MR) is 184 cm³/mol. The van der Waals surface area contributed by atoms with E-state index >= 15 is 0 Å². The molecule has 3 fully saturated rings. The maximum Gasteiger partial charge on any atom is 0.307 e. The van der Waals surface area contributed by atoms with Crippen LogP contribution in [0.25, 0.3) is 17.4 Å². The molecule has 5 rings (SSSR count). The van der Waals surface area contributed by atoms with Crippen molar-refractivity contribution in [1.29, 1.82) is 0 Å². The largest absolute Gasteiger partial charge is 0.497 e. The lowest BCUT2D eigenvalue weighted by atomic mass is 9.94. The molecule has 10 heteroatoms. The average molecular weight is 668 g/mol. The minimum Gasteiger partial charge on any atom is -0.497 e. The molecule has 1 amide bonds. The lowest BCUT2D eigenvalue weighted by molar-refractivity contribution is -0.157. The van der Waals surface area contributed by atoms with E-state index in [2.05, 4.69) is 0 Å². The first-order valence-corrected chi connectivity index (χ1v) is 17.5. The molecule has 2 bridgehead atoms. The normalized spacial score (nSPS) is 22.5. The summed E-state index contributed by atoms with van der Waals surface area (Å²) in [6.07, 6.45) is 8.99. The first-order chi connectivity index (χ1) is 21.8. The van der Waals surface area contributed by atoms with Crippen LogP contribution in [-0.2, 0) is 25.5 Å². The van der Waals surface area contributed by atoms with Crippen molar-refractivity contribution >= 4 is 52.0 Å². The van der Waals surface area contributed by atoms with Crippen LogP contribution in [0.2, 0.25) is 0 Å². The van der Waals surface area contributed by atoms with Gasteiger partial charge in [-0.25, -0.2) is 0 Å². The Bertz CT molecular complexity index is 1500.